The molecule has 0 atom stereocenters. The molecule has 1 aromatic heterocycles. The Hall–Kier alpha value is -2.12. The van der Waals surface area contributed by atoms with E-state index >= 15 is 0 Å². The largest absolute Gasteiger partial charge is 0.469 e. The van der Waals surface area contributed by atoms with E-state index in [-0.39, 0.29) is 23.8 Å². The first-order valence-corrected chi connectivity index (χ1v) is 8.40. The van der Waals surface area contributed by atoms with Crippen LogP contribution in [0.25, 0.3) is 0 Å². The van der Waals surface area contributed by atoms with Crippen LogP contribution in [-0.4, -0.2) is 27.4 Å². The number of hydrogen-bond donors (Lipinski definition) is 2. The van der Waals surface area contributed by atoms with E-state index in [9.17, 15) is 13.2 Å². The maximum atomic E-state index is 11.9. The van der Waals surface area contributed by atoms with Gasteiger partial charge in [-0.3, -0.25) is 4.79 Å². The highest BCUT2D eigenvalue weighted by molar-refractivity contribution is 7.89. The van der Waals surface area contributed by atoms with Gasteiger partial charge in [0.15, 0.2) is 0 Å². The van der Waals surface area contributed by atoms with Gasteiger partial charge in [0.05, 0.1) is 11.2 Å². The van der Waals surface area contributed by atoms with Crippen molar-refractivity contribution in [2.75, 3.05) is 13.1 Å². The van der Waals surface area contributed by atoms with E-state index in [1.165, 1.54) is 12.1 Å². The summed E-state index contributed by atoms with van der Waals surface area (Å²) in [5, 5.41) is 2.71. The van der Waals surface area contributed by atoms with E-state index < -0.39 is 10.0 Å². The molecule has 0 radical (unpaired) electrons. The monoisotopic (exact) mass is 322 g/mol. The van der Waals surface area contributed by atoms with E-state index in [0.29, 0.717) is 13.0 Å². The molecule has 6 nitrogen and oxygen atoms in total. The smallest absolute Gasteiger partial charge is 0.240 e. The molecular formula is C15H18N2O4S. The molecule has 0 aliphatic rings. The van der Waals surface area contributed by atoms with Crippen LogP contribution in [0.5, 0.6) is 0 Å². The first-order chi connectivity index (χ1) is 10.6. The third kappa shape index (κ3) is 5.01. The summed E-state index contributed by atoms with van der Waals surface area (Å²) in [6.45, 7) is 0.515. The molecule has 0 saturated heterocycles. The topological polar surface area (TPSA) is 88.4 Å². The Morgan fingerprint density at radius 1 is 1.05 bits per heavy atom. The maximum absolute atomic E-state index is 11.9. The number of sulfonamides is 1. The van der Waals surface area contributed by atoms with Crippen molar-refractivity contribution < 1.29 is 17.6 Å². The highest BCUT2D eigenvalue weighted by Gasteiger charge is 2.13. The van der Waals surface area contributed by atoms with Gasteiger partial charge in [0.2, 0.25) is 15.9 Å². The first-order valence-electron chi connectivity index (χ1n) is 6.92. The fourth-order valence-corrected chi connectivity index (χ4v) is 2.90. The van der Waals surface area contributed by atoms with Crippen molar-refractivity contribution >= 4 is 15.9 Å². The molecule has 0 fully saturated rings. The average Bonchev–Trinajstić information content (AvgIpc) is 3.01. The van der Waals surface area contributed by atoms with Gasteiger partial charge in [-0.25, -0.2) is 13.1 Å². The molecule has 2 N–H and O–H groups in total. The van der Waals surface area contributed by atoms with Gasteiger partial charge in [-0.2, -0.15) is 0 Å². The maximum Gasteiger partial charge on any atom is 0.240 e. The average molecular weight is 322 g/mol. The zero-order chi connectivity index (χ0) is 15.8. The molecule has 1 aromatic carbocycles. The normalized spacial score (nSPS) is 11.3. The molecule has 0 aliphatic heterocycles. The third-order valence-electron chi connectivity index (χ3n) is 2.97. The standard InChI is InChI=1S/C15H18N2O4S/c18-15(16-10-8-13-5-4-12-21-13)9-11-17-22(19,20)14-6-2-1-3-7-14/h1-7,12,17H,8-11H2,(H,16,18). The molecule has 0 bridgehead atoms. The van der Waals surface area contributed by atoms with Crippen molar-refractivity contribution in [1.82, 2.24) is 10.0 Å². The number of carbonyl (C=O) groups excluding carboxylic acids is 1. The molecule has 0 unspecified atom stereocenters. The van der Waals surface area contributed by atoms with Gasteiger partial charge in [-0.05, 0) is 24.3 Å². The van der Waals surface area contributed by atoms with Crippen LogP contribution in [0.4, 0.5) is 0 Å². The Labute approximate surface area is 129 Å². The molecule has 22 heavy (non-hydrogen) atoms. The number of benzene rings is 1. The summed E-state index contributed by atoms with van der Waals surface area (Å²) >= 11 is 0. The van der Waals surface area contributed by atoms with Gasteiger partial charge in [0.1, 0.15) is 5.76 Å². The summed E-state index contributed by atoms with van der Waals surface area (Å²) in [5.41, 5.74) is 0. The lowest BCUT2D eigenvalue weighted by molar-refractivity contribution is -0.120. The third-order valence-corrected chi connectivity index (χ3v) is 4.45. The van der Waals surface area contributed by atoms with Gasteiger partial charge in [0, 0.05) is 25.9 Å². The lowest BCUT2D eigenvalue weighted by Gasteiger charge is -2.07. The Morgan fingerprint density at radius 3 is 2.50 bits per heavy atom. The van der Waals surface area contributed by atoms with Gasteiger partial charge >= 0.3 is 0 Å². The van der Waals surface area contributed by atoms with Gasteiger partial charge < -0.3 is 9.73 Å². The lowest BCUT2D eigenvalue weighted by atomic mass is 10.3. The van der Waals surface area contributed by atoms with E-state index in [1.807, 2.05) is 6.07 Å². The second-order valence-corrected chi connectivity index (χ2v) is 6.41. The molecule has 1 heterocycles. The SMILES string of the molecule is O=C(CCNS(=O)(=O)c1ccccc1)NCCc1ccco1. The van der Waals surface area contributed by atoms with Crippen LogP contribution in [0.2, 0.25) is 0 Å². The van der Waals surface area contributed by atoms with Gasteiger partial charge in [-0.1, -0.05) is 18.2 Å². The van der Waals surface area contributed by atoms with Crippen LogP contribution in [-0.2, 0) is 21.2 Å². The minimum Gasteiger partial charge on any atom is -0.469 e. The number of nitrogens with one attached hydrogen (secondary N) is 2. The molecule has 1 amide bonds. The van der Waals surface area contributed by atoms with E-state index in [2.05, 4.69) is 10.0 Å². The summed E-state index contributed by atoms with van der Waals surface area (Å²) < 4.78 is 31.4. The first kappa shape index (κ1) is 16.3. The van der Waals surface area contributed by atoms with Crippen molar-refractivity contribution in [3.63, 3.8) is 0 Å². The highest BCUT2D eigenvalue weighted by atomic mass is 32.2. The Bertz CT molecular complexity index is 682. The summed E-state index contributed by atoms with van der Waals surface area (Å²) in [4.78, 5) is 11.8. The molecule has 0 saturated carbocycles. The quantitative estimate of drug-likeness (QED) is 0.767. The zero-order valence-corrected chi connectivity index (χ0v) is 12.8. The van der Waals surface area contributed by atoms with Crippen LogP contribution < -0.4 is 10.0 Å². The van der Waals surface area contributed by atoms with Gasteiger partial charge in [0.25, 0.3) is 0 Å². The molecule has 2 aromatic rings. The molecule has 0 spiro atoms. The molecule has 7 heteroatoms. The summed E-state index contributed by atoms with van der Waals surface area (Å²) in [6, 6.07) is 11.7. The second-order valence-electron chi connectivity index (χ2n) is 4.64. The predicted molar refractivity (Wildman–Crippen MR) is 81.7 cm³/mol. The summed E-state index contributed by atoms with van der Waals surface area (Å²) in [6.07, 6.45) is 2.27. The molecular weight excluding hydrogens is 304 g/mol. The van der Waals surface area contributed by atoms with E-state index in [1.54, 1.807) is 30.5 Å². The van der Waals surface area contributed by atoms with Crippen LogP contribution in [0, 0.1) is 0 Å². The second kappa shape index (κ2) is 7.77. The molecule has 118 valence electrons. The number of carbonyl (C=O) groups is 1. The summed E-state index contributed by atoms with van der Waals surface area (Å²) in [5.74, 6) is 0.590. The fraction of sp³-hybridized carbons (Fsp3) is 0.267. The minimum atomic E-state index is -3.56. The predicted octanol–water partition coefficient (Wildman–Crippen LogP) is 1.31. The van der Waals surface area contributed by atoms with Crippen molar-refractivity contribution in [1.29, 1.82) is 0 Å². The van der Waals surface area contributed by atoms with Crippen LogP contribution in [0.15, 0.2) is 58.0 Å². The number of hydrogen-bond acceptors (Lipinski definition) is 4. The van der Waals surface area contributed by atoms with Crippen molar-refractivity contribution in [2.45, 2.75) is 17.7 Å². The molecule has 0 aliphatic carbocycles. The Balaban J connectivity index is 1.68. The van der Waals surface area contributed by atoms with Crippen LogP contribution in [0.3, 0.4) is 0 Å². The number of rotatable bonds is 8. The van der Waals surface area contributed by atoms with E-state index in [4.69, 9.17) is 4.42 Å². The minimum absolute atomic E-state index is 0.0593. The van der Waals surface area contributed by atoms with Crippen molar-refractivity contribution in [2.24, 2.45) is 0 Å². The number of furan rings is 1. The van der Waals surface area contributed by atoms with Crippen molar-refractivity contribution in [3.8, 4) is 0 Å². The zero-order valence-electron chi connectivity index (χ0n) is 12.0. The van der Waals surface area contributed by atoms with Crippen LogP contribution in [0.1, 0.15) is 12.2 Å². The highest BCUT2D eigenvalue weighted by Crippen LogP contribution is 2.06. The Morgan fingerprint density at radius 2 is 1.82 bits per heavy atom. The molecule has 2 rings (SSSR count). The summed E-state index contributed by atoms with van der Waals surface area (Å²) in [7, 11) is -3.56. The van der Waals surface area contributed by atoms with Gasteiger partial charge in [-0.15, -0.1) is 0 Å². The number of amides is 1. The van der Waals surface area contributed by atoms with Crippen LogP contribution >= 0.6 is 0 Å². The van der Waals surface area contributed by atoms with Crippen molar-refractivity contribution in [3.05, 3.63) is 54.5 Å². The lowest BCUT2D eigenvalue weighted by Crippen LogP contribution is -2.31. The fourth-order valence-electron chi connectivity index (χ4n) is 1.85. The Kier molecular flexibility index (Phi) is 5.74. The van der Waals surface area contributed by atoms with E-state index in [0.717, 1.165) is 5.76 Å².